The average molecular weight is 271 g/mol. The van der Waals surface area contributed by atoms with Gasteiger partial charge in [-0.25, -0.2) is 0 Å². The van der Waals surface area contributed by atoms with Crippen LogP contribution in [0.25, 0.3) is 0 Å². The van der Waals surface area contributed by atoms with Crippen molar-refractivity contribution in [1.29, 1.82) is 0 Å². The molecule has 0 spiro atoms. The average Bonchev–Trinajstić information content (AvgIpc) is 2.61. The highest BCUT2D eigenvalue weighted by atomic mass is 16.2. The number of nitrogens with zero attached hydrogens (tertiary/aromatic N) is 2. The molecule has 0 aromatic heterocycles. The Labute approximate surface area is 119 Å². The van der Waals surface area contributed by atoms with E-state index in [-0.39, 0.29) is 11.7 Å². The molecule has 1 aliphatic rings. The largest absolute Gasteiger partial charge is 0.304 e. The van der Waals surface area contributed by atoms with E-state index in [1.807, 2.05) is 19.9 Å². The summed E-state index contributed by atoms with van der Waals surface area (Å²) in [6.45, 7) is 7.48. The fraction of sp³-hybridized carbons (Fsp3) is 0.312. The smallest absolute Gasteiger partial charge is 0.286 e. The minimum absolute atomic E-state index is 0.189. The summed E-state index contributed by atoms with van der Waals surface area (Å²) in [5.74, 6) is -0.381. The lowest BCUT2D eigenvalue weighted by Gasteiger charge is -2.21. The maximum atomic E-state index is 12.6. The molecule has 1 atom stereocenters. The zero-order valence-corrected chi connectivity index (χ0v) is 12.0. The van der Waals surface area contributed by atoms with Crippen molar-refractivity contribution in [2.75, 3.05) is 7.05 Å². The zero-order chi connectivity index (χ0) is 14.9. The maximum absolute atomic E-state index is 12.6. The van der Waals surface area contributed by atoms with Crippen molar-refractivity contribution in [2.24, 2.45) is 0 Å². The fourth-order valence-electron chi connectivity index (χ4n) is 2.44. The Bertz CT molecular complexity index is 588. The van der Waals surface area contributed by atoms with Gasteiger partial charge < -0.3 is 0 Å². The minimum atomic E-state index is -0.824. The molecule has 0 bridgehead atoms. The molecule has 1 saturated heterocycles. The number of hydrogen-bond acceptors (Lipinski definition) is 2. The summed E-state index contributed by atoms with van der Waals surface area (Å²) in [6.07, 6.45) is 3.30. The molecule has 0 N–H and O–H groups in total. The summed E-state index contributed by atoms with van der Waals surface area (Å²) in [7, 11) is 1.71. The van der Waals surface area contributed by atoms with Crippen molar-refractivity contribution in [1.82, 2.24) is 4.90 Å². The Balaban J connectivity index is 2.49. The molecule has 1 fully saturated rings. The van der Waals surface area contributed by atoms with Crippen LogP contribution < -0.4 is 0 Å². The lowest BCUT2D eigenvalue weighted by atomic mass is 10.0. The van der Waals surface area contributed by atoms with Gasteiger partial charge in [0.05, 0.1) is 0 Å². The van der Waals surface area contributed by atoms with Gasteiger partial charge in [-0.2, -0.15) is 4.58 Å². The first kappa shape index (κ1) is 14.2. The first-order chi connectivity index (χ1) is 9.41. The third kappa shape index (κ3) is 2.07. The van der Waals surface area contributed by atoms with Crippen LogP contribution in [0.5, 0.6) is 0 Å². The zero-order valence-electron chi connectivity index (χ0n) is 12.0. The van der Waals surface area contributed by atoms with Crippen molar-refractivity contribution < 1.29 is 14.2 Å². The molecule has 0 unspecified atom stereocenters. The summed E-state index contributed by atoms with van der Waals surface area (Å²) < 4.78 is 1.76. The SMILES string of the molecule is C=C/C=[N+]1/[C@@H](C(=O)c2ccccc2)C(=O)N(C)C1(C)C. The number of amides is 1. The molecule has 1 aromatic rings. The van der Waals surface area contributed by atoms with Crippen LogP contribution in [-0.4, -0.2) is 46.1 Å². The van der Waals surface area contributed by atoms with Gasteiger partial charge in [0, 0.05) is 26.5 Å². The minimum Gasteiger partial charge on any atom is -0.286 e. The second-order valence-electron chi connectivity index (χ2n) is 5.32. The van der Waals surface area contributed by atoms with Gasteiger partial charge in [0.1, 0.15) is 0 Å². The van der Waals surface area contributed by atoms with Crippen molar-refractivity contribution in [3.8, 4) is 0 Å². The Hall–Kier alpha value is -2.23. The molecule has 1 aliphatic heterocycles. The van der Waals surface area contributed by atoms with Crippen LogP contribution >= 0.6 is 0 Å². The maximum Gasteiger partial charge on any atom is 0.304 e. The standard InChI is InChI=1S/C16H19N2O2/c1-5-11-18-13(15(20)17(4)16(18,2)3)14(19)12-9-7-6-8-10-12/h5-11,13H,1H2,2-4H3/q+1/b18-11-/t13-/m0/s1. The second kappa shape index (κ2) is 5.04. The molecule has 0 aliphatic carbocycles. The molecule has 2 rings (SSSR count). The van der Waals surface area contributed by atoms with Gasteiger partial charge in [0.25, 0.3) is 6.04 Å². The molecule has 1 heterocycles. The quantitative estimate of drug-likeness (QED) is 0.477. The summed E-state index contributed by atoms with van der Waals surface area (Å²) in [6, 6.07) is 8.07. The topological polar surface area (TPSA) is 40.4 Å². The molecule has 1 aromatic carbocycles. The van der Waals surface area contributed by atoms with Crippen LogP contribution in [0.3, 0.4) is 0 Å². The molecular formula is C16H19N2O2+. The molecule has 0 radical (unpaired) electrons. The van der Waals surface area contributed by atoms with E-state index in [1.54, 1.807) is 53.1 Å². The highest BCUT2D eigenvalue weighted by molar-refractivity contribution is 6.13. The number of ketones is 1. The molecule has 20 heavy (non-hydrogen) atoms. The molecular weight excluding hydrogens is 252 g/mol. The Kier molecular flexibility index (Phi) is 3.57. The van der Waals surface area contributed by atoms with Crippen molar-refractivity contribution in [3.63, 3.8) is 0 Å². The van der Waals surface area contributed by atoms with Gasteiger partial charge in [-0.1, -0.05) is 36.9 Å². The highest BCUT2D eigenvalue weighted by Gasteiger charge is 2.57. The molecule has 4 nitrogen and oxygen atoms in total. The number of carbonyl (C=O) groups excluding carboxylic acids is 2. The lowest BCUT2D eigenvalue weighted by Crippen LogP contribution is -2.44. The number of rotatable bonds is 3. The van der Waals surface area contributed by atoms with Crippen LogP contribution in [0.1, 0.15) is 24.2 Å². The molecule has 0 saturated carbocycles. The summed E-state index contributed by atoms with van der Waals surface area (Å²) in [5, 5.41) is 0. The third-order valence-corrected chi connectivity index (χ3v) is 3.87. The highest BCUT2D eigenvalue weighted by Crippen LogP contribution is 2.27. The predicted molar refractivity (Wildman–Crippen MR) is 77.9 cm³/mol. The van der Waals surface area contributed by atoms with Gasteiger partial charge in [-0.05, 0) is 6.08 Å². The van der Waals surface area contributed by atoms with Gasteiger partial charge in [-0.15, -0.1) is 0 Å². The van der Waals surface area contributed by atoms with E-state index in [1.165, 1.54) is 0 Å². The predicted octanol–water partition coefficient (Wildman–Crippen LogP) is 1.72. The molecule has 1 amide bonds. The number of allylic oxidation sites excluding steroid dienone is 1. The Morgan fingerprint density at radius 2 is 1.95 bits per heavy atom. The first-order valence-corrected chi connectivity index (χ1v) is 6.52. The van der Waals surface area contributed by atoms with E-state index in [0.717, 1.165) is 0 Å². The lowest BCUT2D eigenvalue weighted by molar-refractivity contribution is -0.604. The van der Waals surface area contributed by atoms with Gasteiger partial charge >= 0.3 is 5.91 Å². The van der Waals surface area contributed by atoms with Crippen LogP contribution in [0.2, 0.25) is 0 Å². The fourth-order valence-corrected chi connectivity index (χ4v) is 2.44. The van der Waals surface area contributed by atoms with E-state index < -0.39 is 11.7 Å². The van der Waals surface area contributed by atoms with Crippen LogP contribution in [0, 0.1) is 0 Å². The van der Waals surface area contributed by atoms with E-state index in [9.17, 15) is 9.59 Å². The number of hydrogen-bond donors (Lipinski definition) is 0. The van der Waals surface area contributed by atoms with E-state index >= 15 is 0 Å². The van der Waals surface area contributed by atoms with Crippen molar-refractivity contribution in [3.05, 3.63) is 48.6 Å². The van der Waals surface area contributed by atoms with Crippen molar-refractivity contribution in [2.45, 2.75) is 25.6 Å². The molecule has 104 valence electrons. The van der Waals surface area contributed by atoms with E-state index in [2.05, 4.69) is 6.58 Å². The normalized spacial score (nSPS) is 23.1. The van der Waals surface area contributed by atoms with E-state index in [4.69, 9.17) is 0 Å². The number of Topliss-reactive ketones (excluding diaryl/α,β-unsaturated/α-hetero) is 1. The Morgan fingerprint density at radius 3 is 2.50 bits per heavy atom. The van der Waals surface area contributed by atoms with Crippen LogP contribution in [0.15, 0.2) is 43.0 Å². The monoisotopic (exact) mass is 271 g/mol. The number of carbonyl (C=O) groups is 2. The number of benzene rings is 1. The van der Waals surface area contributed by atoms with E-state index in [0.29, 0.717) is 5.56 Å². The van der Waals surface area contributed by atoms with Gasteiger partial charge in [-0.3, -0.25) is 14.5 Å². The third-order valence-electron chi connectivity index (χ3n) is 3.87. The number of likely N-dealkylation sites (N-methyl/N-ethyl adjacent to an activating group) is 1. The summed E-state index contributed by atoms with van der Waals surface area (Å²) in [5.41, 5.74) is -0.0141. The van der Waals surface area contributed by atoms with Gasteiger partial charge in [0.15, 0.2) is 6.21 Å². The van der Waals surface area contributed by atoms with Crippen LogP contribution in [0.4, 0.5) is 0 Å². The summed E-state index contributed by atoms with van der Waals surface area (Å²) >= 11 is 0. The molecule has 4 heteroatoms. The van der Waals surface area contributed by atoms with Gasteiger partial charge in [0.2, 0.25) is 11.4 Å². The van der Waals surface area contributed by atoms with Crippen molar-refractivity contribution >= 4 is 17.9 Å². The van der Waals surface area contributed by atoms with Crippen LogP contribution in [-0.2, 0) is 4.79 Å². The summed E-state index contributed by atoms with van der Waals surface area (Å²) in [4.78, 5) is 26.7. The second-order valence-corrected chi connectivity index (χ2v) is 5.32. The Morgan fingerprint density at radius 1 is 1.35 bits per heavy atom. The first-order valence-electron chi connectivity index (χ1n) is 6.52.